The maximum absolute atomic E-state index is 9.32. The van der Waals surface area contributed by atoms with Crippen molar-refractivity contribution >= 4 is 11.6 Å². The highest BCUT2D eigenvalue weighted by atomic mass is 16.3. The van der Waals surface area contributed by atoms with Gasteiger partial charge in [0.05, 0.1) is 0 Å². The zero-order valence-electron chi connectivity index (χ0n) is 8.46. The van der Waals surface area contributed by atoms with E-state index in [0.717, 1.165) is 11.6 Å². The third-order valence-corrected chi connectivity index (χ3v) is 2.00. The molecule has 0 amide bonds. The van der Waals surface area contributed by atoms with Gasteiger partial charge in [-0.3, -0.25) is 0 Å². The van der Waals surface area contributed by atoms with Crippen LogP contribution in [0.25, 0.3) is 11.6 Å². The fourth-order valence-corrected chi connectivity index (χ4v) is 1.39. The molecule has 0 aliphatic heterocycles. The quantitative estimate of drug-likeness (QED) is 0.691. The van der Waals surface area contributed by atoms with E-state index in [2.05, 4.69) is 26.8 Å². The summed E-state index contributed by atoms with van der Waals surface area (Å²) in [5, 5.41) is 11.7. The Morgan fingerprint density at radius 3 is 2.62 bits per heavy atom. The van der Waals surface area contributed by atoms with Crippen LogP contribution in [-0.4, -0.2) is 5.11 Å². The van der Waals surface area contributed by atoms with Crippen LogP contribution in [-0.2, 0) is 0 Å². The number of benzene rings is 1. The van der Waals surface area contributed by atoms with Crippen molar-refractivity contribution in [3.05, 3.63) is 28.6 Å². The van der Waals surface area contributed by atoms with Crippen molar-refractivity contribution in [2.75, 3.05) is 0 Å². The summed E-state index contributed by atoms with van der Waals surface area (Å²) >= 11 is 0. The Morgan fingerprint density at radius 1 is 1.38 bits per heavy atom. The molecule has 0 saturated heterocycles. The third-order valence-electron chi connectivity index (χ3n) is 2.00. The number of rotatable bonds is 1. The van der Waals surface area contributed by atoms with Crippen molar-refractivity contribution < 1.29 is 5.11 Å². The lowest BCUT2D eigenvalue weighted by Crippen LogP contribution is -2.25. The van der Waals surface area contributed by atoms with Gasteiger partial charge in [0.15, 0.2) is 0 Å². The molecule has 70 valence electrons. The van der Waals surface area contributed by atoms with Crippen molar-refractivity contribution in [1.82, 2.24) is 0 Å². The minimum atomic E-state index is 0.338. The van der Waals surface area contributed by atoms with Crippen LogP contribution in [0.1, 0.15) is 27.2 Å². The van der Waals surface area contributed by atoms with E-state index in [-0.39, 0.29) is 0 Å². The molecular weight excluding hydrogens is 160 g/mol. The lowest BCUT2D eigenvalue weighted by Gasteiger charge is -1.95. The second-order valence-electron chi connectivity index (χ2n) is 3.38. The van der Waals surface area contributed by atoms with Gasteiger partial charge in [-0.15, -0.1) is 0 Å². The molecule has 0 fully saturated rings. The zero-order valence-corrected chi connectivity index (χ0v) is 8.46. The summed E-state index contributed by atoms with van der Waals surface area (Å²) in [5.74, 6) is 0.338. The van der Waals surface area contributed by atoms with Gasteiger partial charge in [-0.2, -0.15) is 0 Å². The van der Waals surface area contributed by atoms with Crippen LogP contribution in [0.2, 0.25) is 0 Å². The van der Waals surface area contributed by atoms with Crippen molar-refractivity contribution in [3.8, 4) is 5.75 Å². The lowest BCUT2D eigenvalue weighted by molar-refractivity contribution is 0.474. The molecule has 0 saturated carbocycles. The molecular formula is C12H16O. The Bertz CT molecular complexity index is 398. The highest BCUT2D eigenvalue weighted by Gasteiger charge is 1.90. The molecule has 1 aromatic carbocycles. The average molecular weight is 176 g/mol. The SMILES string of the molecule is CC/C=c1/cc(O)ccc1=C(C)C. The van der Waals surface area contributed by atoms with E-state index in [1.54, 1.807) is 6.07 Å². The van der Waals surface area contributed by atoms with Gasteiger partial charge in [-0.1, -0.05) is 24.6 Å². The molecule has 0 aromatic heterocycles. The van der Waals surface area contributed by atoms with Gasteiger partial charge in [0.25, 0.3) is 0 Å². The molecule has 1 nitrogen and oxygen atoms in total. The van der Waals surface area contributed by atoms with Crippen LogP contribution in [0.4, 0.5) is 0 Å². The summed E-state index contributed by atoms with van der Waals surface area (Å²) in [7, 11) is 0. The Labute approximate surface area is 79.0 Å². The van der Waals surface area contributed by atoms with Gasteiger partial charge in [-0.25, -0.2) is 0 Å². The first-order valence-corrected chi connectivity index (χ1v) is 4.62. The summed E-state index contributed by atoms with van der Waals surface area (Å²) in [4.78, 5) is 0. The van der Waals surface area contributed by atoms with Gasteiger partial charge in [0.2, 0.25) is 0 Å². The summed E-state index contributed by atoms with van der Waals surface area (Å²) < 4.78 is 0. The van der Waals surface area contributed by atoms with E-state index < -0.39 is 0 Å². The van der Waals surface area contributed by atoms with Gasteiger partial charge >= 0.3 is 0 Å². The molecule has 0 atom stereocenters. The molecule has 0 unspecified atom stereocenters. The van der Waals surface area contributed by atoms with Gasteiger partial charge in [0.1, 0.15) is 5.75 Å². The van der Waals surface area contributed by atoms with E-state index in [1.807, 2.05) is 12.1 Å². The number of phenols is 1. The maximum Gasteiger partial charge on any atom is 0.116 e. The molecule has 0 radical (unpaired) electrons. The predicted octanol–water partition coefficient (Wildman–Crippen LogP) is 1.77. The second-order valence-corrected chi connectivity index (χ2v) is 3.38. The summed E-state index contributed by atoms with van der Waals surface area (Å²) in [6.07, 6.45) is 3.12. The van der Waals surface area contributed by atoms with Crippen molar-refractivity contribution in [1.29, 1.82) is 0 Å². The maximum atomic E-state index is 9.32. The van der Waals surface area contributed by atoms with Crippen molar-refractivity contribution in [3.63, 3.8) is 0 Å². The fraction of sp³-hybridized carbons (Fsp3) is 0.333. The summed E-state index contributed by atoms with van der Waals surface area (Å²) in [6.45, 7) is 6.26. The van der Waals surface area contributed by atoms with Crippen LogP contribution < -0.4 is 10.4 Å². The van der Waals surface area contributed by atoms with Gasteiger partial charge < -0.3 is 5.11 Å². The second kappa shape index (κ2) is 4.13. The first-order chi connectivity index (χ1) is 6.15. The standard InChI is InChI=1S/C12H16O/c1-4-5-10-8-11(13)6-7-12(10)9(2)3/h5-8,13H,4H2,1-3H3/b10-5-. The minimum absolute atomic E-state index is 0.338. The molecule has 13 heavy (non-hydrogen) atoms. The first kappa shape index (κ1) is 9.85. The van der Waals surface area contributed by atoms with Crippen LogP contribution in [0.3, 0.4) is 0 Å². The largest absolute Gasteiger partial charge is 0.508 e. The molecule has 1 heteroatoms. The lowest BCUT2D eigenvalue weighted by atomic mass is 10.1. The number of aromatic hydroxyl groups is 1. The van der Waals surface area contributed by atoms with Crippen LogP contribution in [0, 0.1) is 0 Å². The molecule has 0 spiro atoms. The molecule has 0 bridgehead atoms. The van der Waals surface area contributed by atoms with Crippen LogP contribution in [0.15, 0.2) is 18.2 Å². The van der Waals surface area contributed by atoms with Crippen LogP contribution in [0.5, 0.6) is 5.75 Å². The Morgan fingerprint density at radius 2 is 2.08 bits per heavy atom. The number of hydrogen-bond acceptors (Lipinski definition) is 1. The van der Waals surface area contributed by atoms with Crippen molar-refractivity contribution in [2.24, 2.45) is 0 Å². The topological polar surface area (TPSA) is 20.2 Å². The molecule has 0 heterocycles. The smallest absolute Gasteiger partial charge is 0.116 e. The Balaban J connectivity index is 3.56. The summed E-state index contributed by atoms with van der Waals surface area (Å²) in [5.41, 5.74) is 1.28. The van der Waals surface area contributed by atoms with E-state index in [4.69, 9.17) is 0 Å². The van der Waals surface area contributed by atoms with Gasteiger partial charge in [0, 0.05) is 0 Å². The fourth-order valence-electron chi connectivity index (χ4n) is 1.39. The number of hydrogen-bond donors (Lipinski definition) is 1. The predicted molar refractivity (Wildman–Crippen MR) is 56.9 cm³/mol. The molecule has 0 aliphatic carbocycles. The molecule has 0 aliphatic rings. The van der Waals surface area contributed by atoms with Crippen LogP contribution >= 0.6 is 0 Å². The molecule has 1 rings (SSSR count). The van der Waals surface area contributed by atoms with Gasteiger partial charge in [-0.05, 0) is 42.8 Å². The van der Waals surface area contributed by atoms with E-state index in [1.165, 1.54) is 10.8 Å². The molecule has 1 aromatic rings. The van der Waals surface area contributed by atoms with E-state index >= 15 is 0 Å². The molecule has 1 N–H and O–H groups in total. The average Bonchev–Trinajstić information content (AvgIpc) is 2.04. The number of phenolic OH excluding ortho intramolecular Hbond substituents is 1. The summed E-state index contributed by atoms with van der Waals surface area (Å²) in [6, 6.07) is 5.51. The van der Waals surface area contributed by atoms with Crippen molar-refractivity contribution in [2.45, 2.75) is 27.2 Å². The Kier molecular flexibility index (Phi) is 3.13. The minimum Gasteiger partial charge on any atom is -0.508 e. The normalized spacial score (nSPS) is 11.8. The third kappa shape index (κ3) is 2.35. The highest BCUT2D eigenvalue weighted by Crippen LogP contribution is 1.99. The van der Waals surface area contributed by atoms with E-state index in [0.29, 0.717) is 5.75 Å². The monoisotopic (exact) mass is 176 g/mol. The first-order valence-electron chi connectivity index (χ1n) is 4.62. The zero-order chi connectivity index (χ0) is 9.84. The Hall–Kier alpha value is -1.24. The highest BCUT2D eigenvalue weighted by molar-refractivity contribution is 5.43. The van der Waals surface area contributed by atoms with E-state index in [9.17, 15) is 5.11 Å².